The van der Waals surface area contributed by atoms with Gasteiger partial charge >= 0.3 is 0 Å². The number of nitrogens with zero attached hydrogens (tertiary/aromatic N) is 1. The number of hydrogen-bond donors (Lipinski definition) is 2. The van der Waals surface area contributed by atoms with E-state index in [9.17, 15) is 5.11 Å². The Bertz CT molecular complexity index is 363. The minimum Gasteiger partial charge on any atom is -0.492 e. The first-order valence-electron chi connectivity index (χ1n) is 6.97. The Morgan fingerprint density at radius 3 is 2.74 bits per heavy atom. The minimum absolute atomic E-state index is 0.224. The molecule has 0 aliphatic rings. The normalized spacial score (nSPS) is 15.8. The van der Waals surface area contributed by atoms with Crippen molar-refractivity contribution in [3.05, 3.63) is 24.0 Å². The molecule has 108 valence electrons. The quantitative estimate of drug-likeness (QED) is 0.756. The van der Waals surface area contributed by atoms with E-state index in [4.69, 9.17) is 10.5 Å². The monoisotopic (exact) mass is 266 g/mol. The Morgan fingerprint density at radius 1 is 1.47 bits per heavy atom. The van der Waals surface area contributed by atoms with Crippen LogP contribution in [-0.2, 0) is 6.42 Å². The predicted molar refractivity (Wildman–Crippen MR) is 77.2 cm³/mol. The van der Waals surface area contributed by atoms with E-state index in [1.807, 2.05) is 12.1 Å². The molecule has 1 aromatic rings. The lowest BCUT2D eigenvalue weighted by molar-refractivity contribution is 0.0686. The van der Waals surface area contributed by atoms with Gasteiger partial charge in [-0.05, 0) is 31.4 Å². The van der Waals surface area contributed by atoms with Gasteiger partial charge in [-0.3, -0.25) is 4.98 Å². The number of ether oxygens (including phenoxy) is 1. The Labute approximate surface area is 116 Å². The van der Waals surface area contributed by atoms with E-state index in [1.54, 1.807) is 13.1 Å². The molecule has 0 amide bonds. The second-order valence-corrected chi connectivity index (χ2v) is 5.57. The molecule has 0 aromatic carbocycles. The summed E-state index contributed by atoms with van der Waals surface area (Å²) in [6, 6.07) is 3.78. The highest BCUT2D eigenvalue weighted by molar-refractivity contribution is 5.20. The van der Waals surface area contributed by atoms with Crippen LogP contribution >= 0.6 is 0 Å². The third-order valence-electron chi connectivity index (χ3n) is 3.12. The average Bonchev–Trinajstić information content (AvgIpc) is 2.38. The Balaban J connectivity index is 2.48. The van der Waals surface area contributed by atoms with Crippen molar-refractivity contribution >= 4 is 0 Å². The molecule has 0 aliphatic carbocycles. The van der Waals surface area contributed by atoms with Crippen LogP contribution < -0.4 is 10.5 Å². The first-order valence-corrected chi connectivity index (χ1v) is 6.97. The number of rotatable bonds is 8. The topological polar surface area (TPSA) is 68.4 Å². The lowest BCUT2D eigenvalue weighted by atomic mass is 10.0. The number of aliphatic hydroxyl groups is 1. The smallest absolute Gasteiger partial charge is 0.137 e. The SMILES string of the molecule is CCCC(C)COc1ccc(CC(C)(O)CN)nc1. The van der Waals surface area contributed by atoms with Crippen molar-refractivity contribution in [2.45, 2.75) is 45.6 Å². The molecule has 19 heavy (non-hydrogen) atoms. The van der Waals surface area contributed by atoms with Gasteiger partial charge < -0.3 is 15.6 Å². The van der Waals surface area contributed by atoms with Crippen LogP contribution in [0.3, 0.4) is 0 Å². The van der Waals surface area contributed by atoms with Gasteiger partial charge in [-0.1, -0.05) is 20.3 Å². The van der Waals surface area contributed by atoms with Gasteiger partial charge in [-0.15, -0.1) is 0 Å². The maximum atomic E-state index is 9.88. The summed E-state index contributed by atoms with van der Waals surface area (Å²) >= 11 is 0. The lowest BCUT2D eigenvalue weighted by Gasteiger charge is -2.20. The number of hydrogen-bond acceptors (Lipinski definition) is 4. The van der Waals surface area contributed by atoms with Crippen LogP contribution in [0.5, 0.6) is 5.75 Å². The van der Waals surface area contributed by atoms with Crippen molar-refractivity contribution in [3.8, 4) is 5.75 Å². The van der Waals surface area contributed by atoms with Crippen LogP contribution in [0, 0.1) is 5.92 Å². The van der Waals surface area contributed by atoms with Gasteiger partial charge in [0.25, 0.3) is 0 Å². The van der Waals surface area contributed by atoms with Crippen LogP contribution in [0.25, 0.3) is 0 Å². The second-order valence-electron chi connectivity index (χ2n) is 5.57. The minimum atomic E-state index is -0.898. The Morgan fingerprint density at radius 2 is 2.21 bits per heavy atom. The molecule has 1 rings (SSSR count). The van der Waals surface area contributed by atoms with E-state index in [-0.39, 0.29) is 6.54 Å². The zero-order valence-electron chi connectivity index (χ0n) is 12.2. The van der Waals surface area contributed by atoms with E-state index in [0.29, 0.717) is 12.3 Å². The van der Waals surface area contributed by atoms with Gasteiger partial charge in [0.1, 0.15) is 5.75 Å². The molecule has 3 N–H and O–H groups in total. The summed E-state index contributed by atoms with van der Waals surface area (Å²) in [5.41, 5.74) is 5.42. The summed E-state index contributed by atoms with van der Waals surface area (Å²) in [5, 5.41) is 9.88. The second kappa shape index (κ2) is 7.46. The van der Waals surface area contributed by atoms with Crippen molar-refractivity contribution in [3.63, 3.8) is 0 Å². The van der Waals surface area contributed by atoms with Gasteiger partial charge in [-0.2, -0.15) is 0 Å². The van der Waals surface area contributed by atoms with Crippen LogP contribution in [-0.4, -0.2) is 28.8 Å². The van der Waals surface area contributed by atoms with Gasteiger partial charge in [-0.25, -0.2) is 0 Å². The summed E-state index contributed by atoms with van der Waals surface area (Å²) in [6.07, 6.45) is 4.51. The maximum absolute atomic E-state index is 9.88. The fourth-order valence-corrected chi connectivity index (χ4v) is 1.88. The van der Waals surface area contributed by atoms with Gasteiger partial charge in [0.15, 0.2) is 0 Å². The highest BCUT2D eigenvalue weighted by Crippen LogP contribution is 2.15. The summed E-state index contributed by atoms with van der Waals surface area (Å²) in [7, 11) is 0. The molecule has 4 heteroatoms. The van der Waals surface area contributed by atoms with Gasteiger partial charge in [0.2, 0.25) is 0 Å². The molecule has 0 bridgehead atoms. The van der Waals surface area contributed by atoms with Crippen molar-refractivity contribution < 1.29 is 9.84 Å². The third-order valence-corrected chi connectivity index (χ3v) is 3.12. The molecular weight excluding hydrogens is 240 g/mol. The molecule has 4 nitrogen and oxygen atoms in total. The summed E-state index contributed by atoms with van der Waals surface area (Å²) in [6.45, 7) is 7.02. The molecule has 1 heterocycles. The maximum Gasteiger partial charge on any atom is 0.137 e. The van der Waals surface area contributed by atoms with Crippen LogP contribution in [0.4, 0.5) is 0 Å². The largest absolute Gasteiger partial charge is 0.492 e. The molecule has 0 aliphatic heterocycles. The zero-order valence-corrected chi connectivity index (χ0v) is 12.2. The summed E-state index contributed by atoms with van der Waals surface area (Å²) in [5.74, 6) is 1.33. The summed E-state index contributed by atoms with van der Waals surface area (Å²) < 4.78 is 5.68. The van der Waals surface area contributed by atoms with E-state index in [0.717, 1.165) is 18.1 Å². The van der Waals surface area contributed by atoms with Crippen molar-refractivity contribution in [2.24, 2.45) is 11.7 Å². The molecule has 0 saturated carbocycles. The predicted octanol–water partition coefficient (Wildman–Crippen LogP) is 2.15. The number of aromatic nitrogens is 1. The first kappa shape index (κ1) is 15.9. The molecule has 0 radical (unpaired) electrons. The highest BCUT2D eigenvalue weighted by Gasteiger charge is 2.19. The fraction of sp³-hybridized carbons (Fsp3) is 0.667. The molecule has 1 aromatic heterocycles. The van der Waals surface area contributed by atoms with E-state index in [1.165, 1.54) is 12.8 Å². The van der Waals surface area contributed by atoms with Gasteiger partial charge in [0, 0.05) is 18.7 Å². The molecule has 0 fully saturated rings. The molecule has 2 unspecified atom stereocenters. The Hall–Kier alpha value is -1.13. The van der Waals surface area contributed by atoms with E-state index < -0.39 is 5.60 Å². The molecule has 0 saturated heterocycles. The zero-order chi connectivity index (χ0) is 14.3. The highest BCUT2D eigenvalue weighted by atomic mass is 16.5. The molecule has 0 spiro atoms. The van der Waals surface area contributed by atoms with Crippen molar-refractivity contribution in [2.75, 3.05) is 13.2 Å². The number of nitrogens with two attached hydrogens (primary N) is 1. The third kappa shape index (κ3) is 6.03. The van der Waals surface area contributed by atoms with Crippen LogP contribution in [0.1, 0.15) is 39.3 Å². The van der Waals surface area contributed by atoms with Gasteiger partial charge in [0.05, 0.1) is 18.4 Å². The van der Waals surface area contributed by atoms with E-state index in [2.05, 4.69) is 18.8 Å². The fourth-order valence-electron chi connectivity index (χ4n) is 1.88. The van der Waals surface area contributed by atoms with Crippen molar-refractivity contribution in [1.82, 2.24) is 4.98 Å². The standard InChI is InChI=1S/C15H26N2O2/c1-4-5-12(2)10-19-14-7-6-13(17-9-14)8-15(3,18)11-16/h6-7,9,12,18H,4-5,8,10-11,16H2,1-3H3. The van der Waals surface area contributed by atoms with Crippen molar-refractivity contribution in [1.29, 1.82) is 0 Å². The first-order chi connectivity index (χ1) is 8.96. The molecular formula is C15H26N2O2. The molecule has 2 atom stereocenters. The number of pyridine rings is 1. The summed E-state index contributed by atoms with van der Waals surface area (Å²) in [4.78, 5) is 4.30. The Kier molecular flexibility index (Phi) is 6.25. The van der Waals surface area contributed by atoms with E-state index >= 15 is 0 Å². The average molecular weight is 266 g/mol. The van der Waals surface area contributed by atoms with Crippen LogP contribution in [0.15, 0.2) is 18.3 Å². The van der Waals surface area contributed by atoms with Crippen LogP contribution in [0.2, 0.25) is 0 Å². The lowest BCUT2D eigenvalue weighted by Crippen LogP contribution is -2.36.